The minimum Gasteiger partial charge on any atom is -0.385 e. The molecule has 0 saturated carbocycles. The molecule has 0 aromatic rings. The Hall–Kier alpha value is -1.17. The van der Waals surface area contributed by atoms with E-state index < -0.39 is 24.5 Å². The summed E-state index contributed by atoms with van der Waals surface area (Å²) in [6.45, 7) is 5.68. The first-order valence-corrected chi connectivity index (χ1v) is 6.80. The van der Waals surface area contributed by atoms with Crippen LogP contribution in [0, 0.1) is 0 Å². The fourth-order valence-corrected chi connectivity index (χ4v) is 1.63. The van der Waals surface area contributed by atoms with Gasteiger partial charge in [-0.3, -0.25) is 4.99 Å². The van der Waals surface area contributed by atoms with Gasteiger partial charge in [0.15, 0.2) is 0 Å². The SMILES string of the molecule is C/C=C(C)/C=C(\C=N/CC(F)(F)C(F)F)C(C)(O)CCC. The molecule has 122 valence electrons. The van der Waals surface area contributed by atoms with Crippen LogP contribution in [-0.2, 0) is 0 Å². The summed E-state index contributed by atoms with van der Waals surface area (Å²) in [4.78, 5) is 3.39. The molecule has 0 radical (unpaired) electrons. The predicted octanol–water partition coefficient (Wildman–Crippen LogP) is 4.40. The van der Waals surface area contributed by atoms with E-state index in [1.54, 1.807) is 32.9 Å². The Labute approximate surface area is 123 Å². The van der Waals surface area contributed by atoms with Gasteiger partial charge in [-0.25, -0.2) is 8.78 Å². The van der Waals surface area contributed by atoms with Gasteiger partial charge < -0.3 is 5.11 Å². The number of aliphatic imine (C=N–C) groups is 1. The van der Waals surface area contributed by atoms with Gasteiger partial charge in [0, 0.05) is 11.8 Å². The van der Waals surface area contributed by atoms with Crippen LogP contribution in [0.3, 0.4) is 0 Å². The molecule has 0 amide bonds. The summed E-state index contributed by atoms with van der Waals surface area (Å²) >= 11 is 0. The molecule has 0 aromatic heterocycles. The summed E-state index contributed by atoms with van der Waals surface area (Å²) in [5, 5.41) is 10.3. The second kappa shape index (κ2) is 8.32. The fraction of sp³-hybridized carbons (Fsp3) is 0.667. The first-order valence-electron chi connectivity index (χ1n) is 6.80. The van der Waals surface area contributed by atoms with Gasteiger partial charge in [0.25, 0.3) is 0 Å². The second-order valence-electron chi connectivity index (χ2n) is 5.19. The maximum Gasteiger partial charge on any atom is 0.326 e. The van der Waals surface area contributed by atoms with Crippen LogP contribution in [0.15, 0.2) is 28.3 Å². The standard InChI is InChI=1S/C15H23F4NO/c1-5-7-14(4,21)12(8-11(3)6-2)9-20-10-15(18,19)13(16)17/h6,8-9,13,21H,5,7,10H2,1-4H3/b11-6+,12-8+,20-9-. The summed E-state index contributed by atoms with van der Waals surface area (Å²) in [7, 11) is 0. The van der Waals surface area contributed by atoms with E-state index in [9.17, 15) is 22.7 Å². The third-order valence-electron chi connectivity index (χ3n) is 3.05. The van der Waals surface area contributed by atoms with E-state index in [1.807, 2.05) is 6.92 Å². The number of alkyl halides is 4. The molecule has 6 heteroatoms. The summed E-state index contributed by atoms with van der Waals surface area (Å²) in [5.41, 5.74) is -0.110. The first-order chi connectivity index (χ1) is 9.56. The highest BCUT2D eigenvalue weighted by molar-refractivity contribution is 5.82. The van der Waals surface area contributed by atoms with Gasteiger partial charge in [0.2, 0.25) is 0 Å². The molecule has 2 nitrogen and oxygen atoms in total. The average molecular weight is 309 g/mol. The van der Waals surface area contributed by atoms with Crippen LogP contribution in [0.4, 0.5) is 17.6 Å². The van der Waals surface area contributed by atoms with Gasteiger partial charge in [-0.05, 0) is 27.2 Å². The second-order valence-corrected chi connectivity index (χ2v) is 5.19. The molecule has 0 aliphatic carbocycles. The topological polar surface area (TPSA) is 32.6 Å². The van der Waals surface area contributed by atoms with Crippen LogP contribution in [-0.4, -0.2) is 35.8 Å². The van der Waals surface area contributed by atoms with Crippen molar-refractivity contribution in [2.45, 2.75) is 58.5 Å². The van der Waals surface area contributed by atoms with Crippen LogP contribution in [0.25, 0.3) is 0 Å². The van der Waals surface area contributed by atoms with Crippen molar-refractivity contribution < 1.29 is 22.7 Å². The summed E-state index contributed by atoms with van der Waals surface area (Å²) in [5.74, 6) is -4.16. The van der Waals surface area contributed by atoms with Crippen molar-refractivity contribution in [1.29, 1.82) is 0 Å². The smallest absolute Gasteiger partial charge is 0.326 e. The lowest BCUT2D eigenvalue weighted by Crippen LogP contribution is -2.31. The van der Waals surface area contributed by atoms with Gasteiger partial charge >= 0.3 is 12.3 Å². The number of halogens is 4. The molecule has 1 unspecified atom stereocenters. The van der Waals surface area contributed by atoms with Crippen molar-refractivity contribution >= 4 is 6.21 Å². The molecule has 0 fully saturated rings. The number of rotatable bonds is 8. The van der Waals surface area contributed by atoms with Crippen molar-refractivity contribution in [2.75, 3.05) is 6.54 Å². The van der Waals surface area contributed by atoms with E-state index in [0.29, 0.717) is 18.4 Å². The van der Waals surface area contributed by atoms with Crippen LogP contribution < -0.4 is 0 Å². The third kappa shape index (κ3) is 6.89. The molecule has 0 bridgehead atoms. The molecule has 0 heterocycles. The molecule has 0 aliphatic heterocycles. The molecule has 0 spiro atoms. The third-order valence-corrected chi connectivity index (χ3v) is 3.05. The van der Waals surface area contributed by atoms with Gasteiger partial charge in [0.1, 0.15) is 6.54 Å². The van der Waals surface area contributed by atoms with Gasteiger partial charge in [-0.2, -0.15) is 8.78 Å². The minimum atomic E-state index is -4.16. The lowest BCUT2D eigenvalue weighted by Gasteiger charge is -2.24. The zero-order valence-corrected chi connectivity index (χ0v) is 12.8. The number of nitrogens with zero attached hydrogens (tertiary/aromatic N) is 1. The Bertz CT molecular complexity index is 412. The van der Waals surface area contributed by atoms with Crippen molar-refractivity contribution in [2.24, 2.45) is 4.99 Å². The van der Waals surface area contributed by atoms with Crippen molar-refractivity contribution in [1.82, 2.24) is 0 Å². The van der Waals surface area contributed by atoms with E-state index in [4.69, 9.17) is 0 Å². The lowest BCUT2D eigenvalue weighted by atomic mass is 9.90. The molecular formula is C15H23F4NO. The Kier molecular flexibility index (Phi) is 7.85. The zero-order valence-electron chi connectivity index (χ0n) is 12.8. The summed E-state index contributed by atoms with van der Waals surface area (Å²) in [6.07, 6.45) is 1.78. The van der Waals surface area contributed by atoms with Crippen molar-refractivity contribution in [3.63, 3.8) is 0 Å². The number of hydrogen-bond donors (Lipinski definition) is 1. The van der Waals surface area contributed by atoms with Gasteiger partial charge in [-0.1, -0.05) is 31.1 Å². The van der Waals surface area contributed by atoms with Crippen molar-refractivity contribution in [3.05, 3.63) is 23.3 Å². The Balaban J connectivity index is 5.23. The maximum absolute atomic E-state index is 12.8. The van der Waals surface area contributed by atoms with E-state index >= 15 is 0 Å². The number of aliphatic hydroxyl groups is 1. The van der Waals surface area contributed by atoms with Crippen LogP contribution >= 0.6 is 0 Å². The molecule has 0 rings (SSSR count). The van der Waals surface area contributed by atoms with E-state index in [2.05, 4.69) is 4.99 Å². The highest BCUT2D eigenvalue weighted by atomic mass is 19.3. The Morgan fingerprint density at radius 2 is 1.90 bits per heavy atom. The number of allylic oxidation sites excluding steroid dienone is 3. The molecule has 1 N–H and O–H groups in total. The van der Waals surface area contributed by atoms with Crippen LogP contribution in [0.1, 0.15) is 40.5 Å². The molecule has 0 saturated heterocycles. The average Bonchev–Trinajstić information content (AvgIpc) is 2.36. The number of hydrogen-bond acceptors (Lipinski definition) is 2. The molecule has 1 atom stereocenters. The lowest BCUT2D eigenvalue weighted by molar-refractivity contribution is -0.119. The fourth-order valence-electron chi connectivity index (χ4n) is 1.63. The molecular weight excluding hydrogens is 286 g/mol. The predicted molar refractivity (Wildman–Crippen MR) is 77.4 cm³/mol. The van der Waals surface area contributed by atoms with Crippen LogP contribution in [0.2, 0.25) is 0 Å². The summed E-state index contributed by atoms with van der Waals surface area (Å²) in [6, 6.07) is 0. The maximum atomic E-state index is 12.8. The van der Waals surface area contributed by atoms with Crippen molar-refractivity contribution in [3.8, 4) is 0 Å². The minimum absolute atomic E-state index is 0.324. The van der Waals surface area contributed by atoms with E-state index in [0.717, 1.165) is 11.8 Å². The van der Waals surface area contributed by atoms with Gasteiger partial charge in [0.05, 0.1) is 5.60 Å². The zero-order chi connectivity index (χ0) is 16.7. The van der Waals surface area contributed by atoms with Crippen LogP contribution in [0.5, 0.6) is 0 Å². The largest absolute Gasteiger partial charge is 0.385 e. The highest BCUT2D eigenvalue weighted by Gasteiger charge is 2.40. The van der Waals surface area contributed by atoms with E-state index in [-0.39, 0.29) is 0 Å². The van der Waals surface area contributed by atoms with E-state index in [1.165, 1.54) is 0 Å². The monoisotopic (exact) mass is 309 g/mol. The van der Waals surface area contributed by atoms with Gasteiger partial charge in [-0.15, -0.1) is 0 Å². The molecule has 21 heavy (non-hydrogen) atoms. The normalized spacial score (nSPS) is 17.6. The quantitative estimate of drug-likeness (QED) is 0.402. The molecule has 0 aromatic carbocycles. The summed E-state index contributed by atoms with van der Waals surface area (Å²) < 4.78 is 49.7. The highest BCUT2D eigenvalue weighted by Crippen LogP contribution is 2.25. The Morgan fingerprint density at radius 3 is 2.33 bits per heavy atom. The first kappa shape index (κ1) is 19.8. The molecule has 0 aliphatic rings. The Morgan fingerprint density at radius 1 is 1.33 bits per heavy atom.